The lowest BCUT2D eigenvalue weighted by molar-refractivity contribution is 0.0384. The summed E-state index contributed by atoms with van der Waals surface area (Å²) in [6, 6.07) is 8.47. The molecule has 3 saturated heterocycles. The molecule has 3 aromatic rings. The maximum Gasteiger partial charge on any atom is 0.213 e. The Labute approximate surface area is 318 Å². The first-order valence-electron chi connectivity index (χ1n) is 19.1. The number of likely N-dealkylation sites (tertiary alicyclic amines) is 1. The van der Waals surface area contributed by atoms with Crippen molar-refractivity contribution in [1.29, 1.82) is 0 Å². The second-order valence-corrected chi connectivity index (χ2v) is 20.1. The van der Waals surface area contributed by atoms with Crippen LogP contribution >= 0.6 is 0 Å². The molecule has 53 heavy (non-hydrogen) atoms. The van der Waals surface area contributed by atoms with Crippen LogP contribution in [0.15, 0.2) is 51.2 Å². The van der Waals surface area contributed by atoms with E-state index in [1.165, 1.54) is 38.2 Å². The van der Waals surface area contributed by atoms with Crippen molar-refractivity contribution in [2.75, 3.05) is 70.1 Å². The fourth-order valence-corrected chi connectivity index (χ4v) is 10.9. The number of piperazine rings is 1. The molecule has 9 nitrogen and oxygen atoms in total. The standard InChI is InChI=1S/C40H57F2N5O4S2/c1-8-44-17-13-28(14-18-44)45-21-23-46(24-22-45)29-15-19-47(20-16-29)38-31-25-30(52(7)48)9-10-32(31)43-26-35(38)53(49,50)34-12-11-33(36(41)37(34)42)51-40(5,6)27-39(2,3)4/h9-12,25-26,28-29H,8,13-24,27H2,1-7H3. The molecule has 1 aromatic heterocycles. The van der Waals surface area contributed by atoms with Gasteiger partial charge < -0.3 is 19.1 Å². The van der Waals surface area contributed by atoms with Crippen LogP contribution < -0.4 is 9.64 Å². The Hall–Kier alpha value is -2.55. The highest BCUT2D eigenvalue weighted by molar-refractivity contribution is 7.91. The van der Waals surface area contributed by atoms with Gasteiger partial charge in [0.25, 0.3) is 0 Å². The van der Waals surface area contributed by atoms with Crippen LogP contribution in [0.3, 0.4) is 0 Å². The summed E-state index contributed by atoms with van der Waals surface area (Å²) in [5, 5.41) is 0.518. The van der Waals surface area contributed by atoms with E-state index in [1.807, 2.05) is 25.7 Å². The summed E-state index contributed by atoms with van der Waals surface area (Å²) < 4.78 is 79.0. The molecular weight excluding hydrogens is 717 g/mol. The van der Waals surface area contributed by atoms with Gasteiger partial charge in [0, 0.05) is 69.0 Å². The van der Waals surface area contributed by atoms with E-state index >= 15 is 8.78 Å². The van der Waals surface area contributed by atoms with Crippen LogP contribution in [0.4, 0.5) is 14.5 Å². The molecule has 13 heteroatoms. The van der Waals surface area contributed by atoms with Crippen molar-refractivity contribution in [3.05, 3.63) is 48.2 Å². The highest BCUT2D eigenvalue weighted by atomic mass is 32.2. The molecule has 0 aliphatic carbocycles. The minimum Gasteiger partial charge on any atom is -0.612 e. The normalized spacial score (nSPS) is 20.3. The van der Waals surface area contributed by atoms with E-state index in [1.54, 1.807) is 38.3 Å². The Balaban J connectivity index is 1.25. The quantitative estimate of drug-likeness (QED) is 0.208. The number of benzene rings is 2. The Bertz CT molecular complexity index is 1860. The van der Waals surface area contributed by atoms with Crippen molar-refractivity contribution in [3.8, 4) is 5.75 Å². The van der Waals surface area contributed by atoms with Crippen molar-refractivity contribution < 1.29 is 26.5 Å². The Kier molecular flexibility index (Phi) is 12.0. The van der Waals surface area contributed by atoms with E-state index in [9.17, 15) is 13.0 Å². The molecule has 0 saturated carbocycles. The summed E-state index contributed by atoms with van der Waals surface area (Å²) in [6.45, 7) is 20.7. The molecule has 4 heterocycles. The fourth-order valence-electron chi connectivity index (χ4n) is 8.89. The van der Waals surface area contributed by atoms with Crippen LogP contribution in [-0.4, -0.2) is 115 Å². The largest absolute Gasteiger partial charge is 0.612 e. The molecule has 3 aliphatic rings. The SMILES string of the molecule is CCN1CCC(N2CCN(C3CCN(c4c(S(=O)(=O)c5ccc(OC(C)(C)CC(C)(C)C)c(F)c5F)cnc5ccc([S+](C)[O-])cc45)CC3)CC2)CC1. The first-order valence-corrected chi connectivity index (χ1v) is 22.2. The number of anilines is 1. The zero-order valence-corrected chi connectivity index (χ0v) is 34.1. The summed E-state index contributed by atoms with van der Waals surface area (Å²) in [5.41, 5.74) is -0.0474. The number of nitrogens with zero attached hydrogens (tertiary/aromatic N) is 5. The molecule has 0 bridgehead atoms. The number of hydrogen-bond donors (Lipinski definition) is 0. The van der Waals surface area contributed by atoms with Crippen LogP contribution in [0.2, 0.25) is 0 Å². The molecule has 1 atom stereocenters. The third kappa shape index (κ3) is 8.96. The fraction of sp³-hybridized carbons (Fsp3) is 0.625. The zero-order valence-electron chi connectivity index (χ0n) is 32.5. The number of pyridine rings is 1. The van der Waals surface area contributed by atoms with Gasteiger partial charge in [-0.05, 0) is 106 Å². The average molecular weight is 774 g/mol. The maximum atomic E-state index is 15.9. The topological polar surface area (TPSA) is 92.3 Å². The molecule has 0 amide bonds. The van der Waals surface area contributed by atoms with Gasteiger partial charge in [-0.2, -0.15) is 4.39 Å². The monoisotopic (exact) mass is 773 g/mol. The summed E-state index contributed by atoms with van der Waals surface area (Å²) in [4.78, 5) is 13.8. The van der Waals surface area contributed by atoms with Crippen molar-refractivity contribution in [3.63, 3.8) is 0 Å². The smallest absolute Gasteiger partial charge is 0.213 e. The summed E-state index contributed by atoms with van der Waals surface area (Å²) in [6.07, 6.45) is 7.50. The van der Waals surface area contributed by atoms with Gasteiger partial charge in [-0.25, -0.2) is 12.8 Å². The number of ether oxygens (including phenoxy) is 1. The molecular formula is C40H57F2N5O4S2. The molecule has 3 fully saturated rings. The van der Waals surface area contributed by atoms with Crippen molar-refractivity contribution in [1.82, 2.24) is 19.7 Å². The van der Waals surface area contributed by atoms with Gasteiger partial charge in [0.2, 0.25) is 15.7 Å². The van der Waals surface area contributed by atoms with Crippen LogP contribution in [0, 0.1) is 17.0 Å². The summed E-state index contributed by atoms with van der Waals surface area (Å²) >= 11 is -1.34. The van der Waals surface area contributed by atoms with Gasteiger partial charge in [-0.15, -0.1) is 0 Å². The molecule has 0 radical (unpaired) electrons. The lowest BCUT2D eigenvalue weighted by atomic mass is 9.83. The Morgan fingerprint density at radius 2 is 1.43 bits per heavy atom. The molecule has 0 spiro atoms. The molecule has 6 rings (SSSR count). The maximum absolute atomic E-state index is 15.9. The van der Waals surface area contributed by atoms with Gasteiger partial charge in [-0.3, -0.25) is 14.8 Å². The van der Waals surface area contributed by atoms with Gasteiger partial charge in [-0.1, -0.05) is 27.7 Å². The Morgan fingerprint density at radius 1 is 0.849 bits per heavy atom. The van der Waals surface area contributed by atoms with Crippen molar-refractivity contribution in [2.45, 2.75) is 106 Å². The number of piperidine rings is 2. The van der Waals surface area contributed by atoms with Crippen molar-refractivity contribution in [2.24, 2.45) is 5.41 Å². The third-order valence-corrected chi connectivity index (χ3v) is 13.9. The first kappa shape index (κ1) is 40.1. The average Bonchev–Trinajstić information content (AvgIpc) is 3.12. The van der Waals surface area contributed by atoms with Crippen LogP contribution in [0.1, 0.15) is 73.6 Å². The molecule has 3 aliphatic heterocycles. The minimum absolute atomic E-state index is 0.138. The highest BCUT2D eigenvalue weighted by Gasteiger charge is 2.36. The minimum atomic E-state index is -4.61. The first-order chi connectivity index (χ1) is 25.0. The number of aromatic nitrogens is 1. The van der Waals surface area contributed by atoms with Gasteiger partial charge in [0.15, 0.2) is 16.5 Å². The summed E-state index contributed by atoms with van der Waals surface area (Å²) in [5.74, 6) is -3.18. The van der Waals surface area contributed by atoms with E-state index in [4.69, 9.17) is 4.74 Å². The molecule has 2 aromatic carbocycles. The number of rotatable bonds is 10. The molecule has 292 valence electrons. The third-order valence-electron chi connectivity index (χ3n) is 11.2. The number of sulfone groups is 1. The lowest BCUT2D eigenvalue weighted by Crippen LogP contribution is -2.56. The highest BCUT2D eigenvalue weighted by Crippen LogP contribution is 2.41. The van der Waals surface area contributed by atoms with Crippen LogP contribution in [0.5, 0.6) is 5.75 Å². The molecule has 0 N–H and O–H groups in total. The second-order valence-electron chi connectivity index (χ2n) is 16.9. The number of hydrogen-bond acceptors (Lipinski definition) is 9. The van der Waals surface area contributed by atoms with E-state index in [0.717, 1.165) is 51.6 Å². The van der Waals surface area contributed by atoms with Crippen LogP contribution in [-0.2, 0) is 21.0 Å². The van der Waals surface area contributed by atoms with Gasteiger partial charge in [0.1, 0.15) is 21.6 Å². The number of halogens is 2. The predicted molar refractivity (Wildman–Crippen MR) is 208 cm³/mol. The van der Waals surface area contributed by atoms with E-state index in [0.29, 0.717) is 53.1 Å². The van der Waals surface area contributed by atoms with Gasteiger partial charge >= 0.3 is 0 Å². The van der Waals surface area contributed by atoms with Gasteiger partial charge in [0.05, 0.1) is 11.2 Å². The van der Waals surface area contributed by atoms with E-state index < -0.39 is 43.1 Å². The zero-order chi connectivity index (χ0) is 38.3. The predicted octanol–water partition coefficient (Wildman–Crippen LogP) is 6.75. The summed E-state index contributed by atoms with van der Waals surface area (Å²) in [7, 11) is -4.61. The van der Waals surface area contributed by atoms with E-state index in [2.05, 4.69) is 26.6 Å². The second kappa shape index (κ2) is 15.9. The molecule has 1 unspecified atom stereocenters. The lowest BCUT2D eigenvalue weighted by Gasteiger charge is -2.46. The van der Waals surface area contributed by atoms with Crippen LogP contribution in [0.25, 0.3) is 10.9 Å². The van der Waals surface area contributed by atoms with Crippen molar-refractivity contribution >= 4 is 37.6 Å². The number of fused-ring (bicyclic) bond motifs is 1. The van der Waals surface area contributed by atoms with E-state index in [-0.39, 0.29) is 16.1 Å². The Morgan fingerprint density at radius 3 is 1.98 bits per heavy atom.